The van der Waals surface area contributed by atoms with Crippen molar-refractivity contribution in [1.82, 2.24) is 5.32 Å². The molecule has 5 heteroatoms. The van der Waals surface area contributed by atoms with Gasteiger partial charge in [0.15, 0.2) is 0 Å². The number of halogens is 2. The van der Waals surface area contributed by atoms with Gasteiger partial charge in [0.25, 0.3) is 0 Å². The van der Waals surface area contributed by atoms with E-state index in [1.807, 2.05) is 36.4 Å². The molecule has 132 valence electrons. The number of hydrogen-bond acceptors (Lipinski definition) is 2. The van der Waals surface area contributed by atoms with Crippen molar-refractivity contribution >= 4 is 29.2 Å². The molecule has 2 aromatic carbocycles. The van der Waals surface area contributed by atoms with E-state index in [1.54, 1.807) is 0 Å². The van der Waals surface area contributed by atoms with Gasteiger partial charge in [0, 0.05) is 6.04 Å². The van der Waals surface area contributed by atoms with Crippen molar-refractivity contribution in [3.05, 3.63) is 69.7 Å². The Bertz CT molecular complexity index is 728. The van der Waals surface area contributed by atoms with Crippen LogP contribution in [0.2, 0.25) is 10.0 Å². The molecule has 0 bridgehead atoms. The summed E-state index contributed by atoms with van der Waals surface area (Å²) >= 11 is 12.3. The number of hydrogen-bond donors (Lipinski definition) is 2. The molecule has 0 aliphatic heterocycles. The van der Waals surface area contributed by atoms with Gasteiger partial charge in [-0.1, -0.05) is 59.6 Å². The Hall–Kier alpha value is -1.55. The third kappa shape index (κ3) is 4.55. The van der Waals surface area contributed by atoms with Crippen LogP contribution < -0.4 is 5.32 Å². The van der Waals surface area contributed by atoms with E-state index in [9.17, 15) is 9.90 Å². The van der Waals surface area contributed by atoms with Crippen LogP contribution in [-0.4, -0.2) is 17.1 Å². The van der Waals surface area contributed by atoms with Crippen LogP contribution in [0.1, 0.15) is 42.9 Å². The van der Waals surface area contributed by atoms with Crippen molar-refractivity contribution < 1.29 is 9.90 Å². The monoisotopic (exact) mass is 377 g/mol. The average Bonchev–Trinajstić information content (AvgIpc) is 2.63. The standard InChI is InChI=1S/C20H21Cl2NO2/c21-17-11-8-15(12-18(17)22)19(13-4-2-1-3-5-13)23-16-9-6-14(7-10-16)20(24)25/h1-5,8,11-12,14,16,19,23H,6-7,9-10H2,(H,24,25). The first-order valence-corrected chi connectivity index (χ1v) is 9.29. The van der Waals surface area contributed by atoms with E-state index < -0.39 is 5.97 Å². The fraction of sp³-hybridized carbons (Fsp3) is 0.350. The predicted molar refractivity (Wildman–Crippen MR) is 101 cm³/mol. The zero-order valence-electron chi connectivity index (χ0n) is 13.8. The molecule has 2 aromatic rings. The predicted octanol–water partition coefficient (Wildman–Crippen LogP) is 5.32. The molecule has 25 heavy (non-hydrogen) atoms. The molecule has 0 aromatic heterocycles. The molecule has 0 amide bonds. The van der Waals surface area contributed by atoms with Crippen LogP contribution in [0.25, 0.3) is 0 Å². The fourth-order valence-electron chi connectivity index (χ4n) is 3.47. The largest absolute Gasteiger partial charge is 0.481 e. The summed E-state index contributed by atoms with van der Waals surface area (Å²) in [7, 11) is 0. The van der Waals surface area contributed by atoms with Crippen molar-refractivity contribution in [2.75, 3.05) is 0 Å². The summed E-state index contributed by atoms with van der Waals surface area (Å²) in [4.78, 5) is 11.1. The first kappa shape index (κ1) is 18.2. The molecule has 1 fully saturated rings. The number of carbonyl (C=O) groups is 1. The minimum Gasteiger partial charge on any atom is -0.481 e. The molecular weight excluding hydrogens is 357 g/mol. The molecule has 0 saturated heterocycles. The Morgan fingerprint density at radius 1 is 0.960 bits per heavy atom. The van der Waals surface area contributed by atoms with Crippen molar-refractivity contribution in [1.29, 1.82) is 0 Å². The summed E-state index contributed by atoms with van der Waals surface area (Å²) < 4.78 is 0. The van der Waals surface area contributed by atoms with Gasteiger partial charge in [0.2, 0.25) is 0 Å². The second-order valence-corrected chi connectivity index (χ2v) is 7.39. The lowest BCUT2D eigenvalue weighted by molar-refractivity contribution is -0.142. The minimum absolute atomic E-state index is 0.00217. The van der Waals surface area contributed by atoms with Gasteiger partial charge in [-0.3, -0.25) is 4.79 Å². The molecule has 0 radical (unpaired) electrons. The van der Waals surface area contributed by atoms with Crippen molar-refractivity contribution in [2.24, 2.45) is 5.92 Å². The first-order valence-electron chi connectivity index (χ1n) is 8.53. The molecule has 2 N–H and O–H groups in total. The van der Waals surface area contributed by atoms with Gasteiger partial charge >= 0.3 is 5.97 Å². The second kappa shape index (κ2) is 8.22. The molecule has 0 spiro atoms. The number of carboxylic acids is 1. The topological polar surface area (TPSA) is 49.3 Å². The van der Waals surface area contributed by atoms with Gasteiger partial charge in [-0.15, -0.1) is 0 Å². The van der Waals surface area contributed by atoms with Gasteiger partial charge in [-0.25, -0.2) is 0 Å². The Morgan fingerprint density at radius 3 is 2.24 bits per heavy atom. The Labute approximate surface area is 158 Å². The van der Waals surface area contributed by atoms with Crippen LogP contribution in [0.3, 0.4) is 0 Å². The number of nitrogens with one attached hydrogen (secondary N) is 1. The quantitative estimate of drug-likeness (QED) is 0.741. The van der Waals surface area contributed by atoms with Gasteiger partial charge in [-0.2, -0.15) is 0 Å². The summed E-state index contributed by atoms with van der Waals surface area (Å²) in [5.41, 5.74) is 2.21. The number of carboxylic acid groups (broad SMARTS) is 1. The Balaban J connectivity index is 1.80. The maximum atomic E-state index is 11.1. The highest BCUT2D eigenvalue weighted by atomic mass is 35.5. The molecule has 1 atom stereocenters. The zero-order valence-corrected chi connectivity index (χ0v) is 15.3. The van der Waals surface area contributed by atoms with Crippen molar-refractivity contribution in [2.45, 2.75) is 37.8 Å². The molecular formula is C20H21Cl2NO2. The fourth-order valence-corrected chi connectivity index (χ4v) is 3.77. The average molecular weight is 378 g/mol. The van der Waals surface area contributed by atoms with E-state index >= 15 is 0 Å². The molecule has 1 unspecified atom stereocenters. The summed E-state index contributed by atoms with van der Waals surface area (Å²) in [6.45, 7) is 0. The molecule has 1 aliphatic carbocycles. The first-order chi connectivity index (χ1) is 12.0. The van der Waals surface area contributed by atoms with Crippen molar-refractivity contribution in [3.8, 4) is 0 Å². The Kier molecular flexibility index (Phi) is 6.00. The van der Waals surface area contributed by atoms with Gasteiger partial charge in [0.1, 0.15) is 0 Å². The van der Waals surface area contributed by atoms with Crippen LogP contribution in [0.5, 0.6) is 0 Å². The zero-order chi connectivity index (χ0) is 17.8. The van der Waals surface area contributed by atoms with Crippen LogP contribution in [0.15, 0.2) is 48.5 Å². The van der Waals surface area contributed by atoms with Gasteiger partial charge < -0.3 is 10.4 Å². The van der Waals surface area contributed by atoms with Gasteiger partial charge in [-0.05, 0) is 48.9 Å². The summed E-state index contributed by atoms with van der Waals surface area (Å²) in [6.07, 6.45) is 3.16. The van der Waals surface area contributed by atoms with Crippen LogP contribution in [0.4, 0.5) is 0 Å². The highest BCUT2D eigenvalue weighted by Crippen LogP contribution is 2.32. The number of rotatable bonds is 5. The lowest BCUT2D eigenvalue weighted by Gasteiger charge is -2.31. The van der Waals surface area contributed by atoms with E-state index in [2.05, 4.69) is 17.4 Å². The molecule has 0 heterocycles. The van der Waals surface area contributed by atoms with Gasteiger partial charge in [0.05, 0.1) is 22.0 Å². The SMILES string of the molecule is O=C(O)C1CCC(NC(c2ccccc2)c2ccc(Cl)c(Cl)c2)CC1. The van der Waals surface area contributed by atoms with E-state index in [1.165, 1.54) is 0 Å². The highest BCUT2D eigenvalue weighted by molar-refractivity contribution is 6.42. The maximum absolute atomic E-state index is 11.1. The third-order valence-electron chi connectivity index (χ3n) is 4.89. The van der Waals surface area contributed by atoms with Crippen LogP contribution >= 0.6 is 23.2 Å². The summed E-state index contributed by atoms with van der Waals surface area (Å²) in [5, 5.41) is 14.0. The highest BCUT2D eigenvalue weighted by Gasteiger charge is 2.28. The lowest BCUT2D eigenvalue weighted by atomic mass is 9.85. The summed E-state index contributed by atoms with van der Waals surface area (Å²) in [6, 6.07) is 16.2. The van der Waals surface area contributed by atoms with Crippen molar-refractivity contribution in [3.63, 3.8) is 0 Å². The third-order valence-corrected chi connectivity index (χ3v) is 5.63. The molecule has 1 aliphatic rings. The molecule has 3 rings (SSSR count). The van der Waals surface area contributed by atoms with E-state index in [0.717, 1.165) is 36.8 Å². The minimum atomic E-state index is -0.678. The normalized spacial score (nSPS) is 21.7. The molecule has 1 saturated carbocycles. The smallest absolute Gasteiger partial charge is 0.306 e. The van der Waals surface area contributed by atoms with E-state index in [-0.39, 0.29) is 18.0 Å². The van der Waals surface area contributed by atoms with Crippen LogP contribution in [-0.2, 0) is 4.79 Å². The second-order valence-electron chi connectivity index (χ2n) is 6.57. The van der Waals surface area contributed by atoms with Crippen LogP contribution in [0, 0.1) is 5.92 Å². The number of benzene rings is 2. The maximum Gasteiger partial charge on any atom is 0.306 e. The van der Waals surface area contributed by atoms with E-state index in [0.29, 0.717) is 10.0 Å². The number of aliphatic carboxylic acids is 1. The Morgan fingerprint density at radius 2 is 1.64 bits per heavy atom. The molecule has 3 nitrogen and oxygen atoms in total. The summed E-state index contributed by atoms with van der Waals surface area (Å²) in [5.74, 6) is -0.888. The van der Waals surface area contributed by atoms with E-state index in [4.69, 9.17) is 23.2 Å². The lowest BCUT2D eigenvalue weighted by Crippen LogP contribution is -2.37.